The minimum Gasteiger partial charge on any atom is -0.299 e. The molecule has 3 saturated carbocycles. The topological polar surface area (TPSA) is 17.1 Å². The van der Waals surface area contributed by atoms with Gasteiger partial charge in [-0.05, 0) is 19.3 Å². The van der Waals surface area contributed by atoms with E-state index in [-0.39, 0.29) is 17.6 Å². The molecular formula is C9H10F2O. The molecule has 0 aromatic carbocycles. The van der Waals surface area contributed by atoms with E-state index in [0.717, 1.165) is 6.42 Å². The van der Waals surface area contributed by atoms with Gasteiger partial charge in [-0.25, -0.2) is 8.78 Å². The maximum atomic E-state index is 13.4. The van der Waals surface area contributed by atoms with Crippen LogP contribution in [-0.2, 0) is 4.79 Å². The lowest BCUT2D eigenvalue weighted by Gasteiger charge is -2.43. The average Bonchev–Trinajstić information content (AvgIpc) is 2.27. The third-order valence-electron chi connectivity index (χ3n) is 3.95. The Balaban J connectivity index is 2.05. The summed E-state index contributed by atoms with van der Waals surface area (Å²) < 4.78 is 26.7. The van der Waals surface area contributed by atoms with E-state index in [1.807, 2.05) is 0 Å². The summed E-state index contributed by atoms with van der Waals surface area (Å²) in [5.74, 6) is -3.97. The maximum absolute atomic E-state index is 13.4. The van der Waals surface area contributed by atoms with Gasteiger partial charge in [-0.15, -0.1) is 0 Å². The highest BCUT2D eigenvalue weighted by atomic mass is 19.3. The van der Waals surface area contributed by atoms with Crippen molar-refractivity contribution in [1.82, 2.24) is 0 Å². The van der Waals surface area contributed by atoms with Crippen LogP contribution in [0.2, 0.25) is 0 Å². The fourth-order valence-corrected chi connectivity index (χ4v) is 3.34. The van der Waals surface area contributed by atoms with Gasteiger partial charge in [0.25, 0.3) is 5.92 Å². The van der Waals surface area contributed by atoms with Crippen LogP contribution < -0.4 is 0 Å². The van der Waals surface area contributed by atoms with Crippen molar-refractivity contribution in [2.24, 2.45) is 23.7 Å². The van der Waals surface area contributed by atoms with Gasteiger partial charge < -0.3 is 0 Å². The second-order valence-corrected chi connectivity index (χ2v) is 4.33. The largest absolute Gasteiger partial charge is 0.299 e. The Morgan fingerprint density at radius 1 is 1.25 bits per heavy atom. The van der Waals surface area contributed by atoms with E-state index in [1.54, 1.807) is 0 Å². The number of fused-ring (bicyclic) bond motifs is 1. The fourth-order valence-electron chi connectivity index (χ4n) is 3.34. The molecule has 3 aliphatic rings. The van der Waals surface area contributed by atoms with Crippen LogP contribution in [0.5, 0.6) is 0 Å². The number of carbonyl (C=O) groups excluding carboxylic acids is 1. The van der Waals surface area contributed by atoms with Crippen LogP contribution in [-0.4, -0.2) is 11.7 Å². The minimum atomic E-state index is -2.51. The normalized spacial score (nSPS) is 53.7. The number of halogens is 2. The molecule has 3 rings (SSSR count). The summed E-state index contributed by atoms with van der Waals surface area (Å²) in [4.78, 5) is 11.3. The Morgan fingerprint density at radius 3 is 2.75 bits per heavy atom. The molecule has 1 unspecified atom stereocenters. The van der Waals surface area contributed by atoms with E-state index in [1.165, 1.54) is 0 Å². The molecule has 3 fully saturated rings. The maximum Gasteiger partial charge on any atom is 0.255 e. The molecule has 0 N–H and O–H groups in total. The summed E-state index contributed by atoms with van der Waals surface area (Å²) >= 11 is 0. The molecule has 66 valence electrons. The second kappa shape index (κ2) is 1.73. The average molecular weight is 172 g/mol. The Bertz CT molecular complexity index is 253. The molecule has 12 heavy (non-hydrogen) atoms. The molecule has 3 aliphatic carbocycles. The van der Waals surface area contributed by atoms with Crippen LogP contribution in [0.15, 0.2) is 0 Å². The zero-order chi connectivity index (χ0) is 8.51. The molecule has 0 amide bonds. The number of hydrogen-bond donors (Lipinski definition) is 0. The molecule has 0 aromatic heterocycles. The molecule has 0 spiro atoms. The van der Waals surface area contributed by atoms with E-state index >= 15 is 0 Å². The molecular weight excluding hydrogens is 162 g/mol. The first-order valence-corrected chi connectivity index (χ1v) is 4.54. The van der Waals surface area contributed by atoms with E-state index in [9.17, 15) is 13.6 Å². The van der Waals surface area contributed by atoms with Gasteiger partial charge in [0.15, 0.2) is 0 Å². The van der Waals surface area contributed by atoms with Crippen molar-refractivity contribution in [2.45, 2.75) is 25.2 Å². The van der Waals surface area contributed by atoms with Gasteiger partial charge in [-0.3, -0.25) is 4.79 Å². The third kappa shape index (κ3) is 0.520. The zero-order valence-corrected chi connectivity index (χ0v) is 6.59. The zero-order valence-electron chi connectivity index (χ0n) is 6.59. The number of carbonyl (C=O) groups is 1. The highest BCUT2D eigenvalue weighted by Crippen LogP contribution is 2.64. The highest BCUT2D eigenvalue weighted by Gasteiger charge is 2.71. The molecule has 3 heteroatoms. The lowest BCUT2D eigenvalue weighted by Crippen LogP contribution is -2.53. The van der Waals surface area contributed by atoms with Crippen LogP contribution in [0.4, 0.5) is 8.78 Å². The Labute approximate surface area is 69.1 Å². The molecule has 0 aromatic rings. The first-order chi connectivity index (χ1) is 5.62. The number of hydrogen-bond acceptors (Lipinski definition) is 1. The summed E-state index contributed by atoms with van der Waals surface area (Å²) in [5, 5.41) is 0. The standard InChI is InChI=1S/C9H10F2O/c10-9(11)4-1-2-5-7(9)6(3-4)8(5)12/h4-7H,1-3H2/t4-,5?,6+,7+/m0/s1. The summed E-state index contributed by atoms with van der Waals surface area (Å²) in [5.41, 5.74) is 0. The Hall–Kier alpha value is -0.470. The van der Waals surface area contributed by atoms with Gasteiger partial charge in [0.1, 0.15) is 5.78 Å². The van der Waals surface area contributed by atoms with Crippen molar-refractivity contribution in [1.29, 1.82) is 0 Å². The predicted octanol–water partition coefficient (Wildman–Crippen LogP) is 1.87. The quantitative estimate of drug-likeness (QED) is 0.545. The lowest BCUT2D eigenvalue weighted by atomic mass is 9.61. The van der Waals surface area contributed by atoms with Crippen LogP contribution in [0.1, 0.15) is 19.3 Å². The van der Waals surface area contributed by atoms with Gasteiger partial charge in [0.2, 0.25) is 0 Å². The van der Waals surface area contributed by atoms with Crippen molar-refractivity contribution in [3.05, 3.63) is 0 Å². The molecule has 2 bridgehead atoms. The first kappa shape index (κ1) is 6.98. The van der Waals surface area contributed by atoms with Gasteiger partial charge in [-0.2, -0.15) is 0 Å². The van der Waals surface area contributed by atoms with Crippen LogP contribution in [0.25, 0.3) is 0 Å². The van der Waals surface area contributed by atoms with Gasteiger partial charge in [0, 0.05) is 23.7 Å². The van der Waals surface area contributed by atoms with Crippen LogP contribution in [0, 0.1) is 23.7 Å². The van der Waals surface area contributed by atoms with Crippen LogP contribution in [0.3, 0.4) is 0 Å². The molecule has 0 aliphatic heterocycles. The van der Waals surface area contributed by atoms with Crippen molar-refractivity contribution in [2.75, 3.05) is 0 Å². The van der Waals surface area contributed by atoms with E-state index in [4.69, 9.17) is 0 Å². The summed E-state index contributed by atoms with van der Waals surface area (Å²) in [6.45, 7) is 0. The monoisotopic (exact) mass is 172 g/mol. The minimum absolute atomic E-state index is 0.125. The van der Waals surface area contributed by atoms with E-state index in [2.05, 4.69) is 0 Å². The second-order valence-electron chi connectivity index (χ2n) is 4.33. The first-order valence-electron chi connectivity index (χ1n) is 4.54. The molecule has 4 atom stereocenters. The van der Waals surface area contributed by atoms with Crippen molar-refractivity contribution < 1.29 is 13.6 Å². The van der Waals surface area contributed by atoms with Gasteiger partial charge in [-0.1, -0.05) is 0 Å². The number of rotatable bonds is 0. The number of Topliss-reactive ketones (excluding diaryl/α,β-unsaturated/α-hetero) is 1. The van der Waals surface area contributed by atoms with Crippen molar-refractivity contribution in [3.63, 3.8) is 0 Å². The Morgan fingerprint density at radius 2 is 2.00 bits per heavy atom. The smallest absolute Gasteiger partial charge is 0.255 e. The molecule has 0 heterocycles. The van der Waals surface area contributed by atoms with Crippen molar-refractivity contribution >= 4 is 5.78 Å². The third-order valence-corrected chi connectivity index (χ3v) is 3.95. The van der Waals surface area contributed by atoms with Gasteiger partial charge in [0.05, 0.1) is 0 Å². The number of alkyl halides is 2. The van der Waals surface area contributed by atoms with Crippen molar-refractivity contribution in [3.8, 4) is 0 Å². The fraction of sp³-hybridized carbons (Fsp3) is 0.889. The molecule has 0 radical (unpaired) electrons. The summed E-state index contributed by atoms with van der Waals surface area (Å²) in [6.07, 6.45) is 1.75. The number of ketones is 1. The predicted molar refractivity (Wildman–Crippen MR) is 37.8 cm³/mol. The Kier molecular flexibility index (Phi) is 1.01. The lowest BCUT2D eigenvalue weighted by molar-refractivity contribution is -0.173. The SMILES string of the molecule is O=C1C2CC[C@H]3C[C@@H]1[C@@H]2C3(F)F. The van der Waals surface area contributed by atoms with Gasteiger partial charge >= 0.3 is 0 Å². The molecule has 1 nitrogen and oxygen atoms in total. The van der Waals surface area contributed by atoms with E-state index < -0.39 is 17.8 Å². The highest BCUT2D eigenvalue weighted by molar-refractivity contribution is 5.91. The van der Waals surface area contributed by atoms with Crippen LogP contribution >= 0.6 is 0 Å². The molecule has 0 saturated heterocycles. The summed E-state index contributed by atoms with van der Waals surface area (Å²) in [7, 11) is 0. The summed E-state index contributed by atoms with van der Waals surface area (Å²) in [6, 6.07) is 0. The van der Waals surface area contributed by atoms with E-state index in [0.29, 0.717) is 12.8 Å².